The van der Waals surface area contributed by atoms with E-state index in [0.29, 0.717) is 47.9 Å². The number of hydrogen-bond donors (Lipinski definition) is 2. The summed E-state index contributed by atoms with van der Waals surface area (Å²) in [6.45, 7) is 3.83. The minimum absolute atomic E-state index is 0.129. The highest BCUT2D eigenvalue weighted by atomic mass is 35.5. The first-order chi connectivity index (χ1) is 13.6. The number of nitrogens with zero attached hydrogens (tertiary/aromatic N) is 3. The molecule has 2 N–H and O–H groups in total. The Morgan fingerprint density at radius 2 is 2.00 bits per heavy atom. The molecule has 28 heavy (non-hydrogen) atoms. The molecule has 1 aliphatic heterocycles. The second kappa shape index (κ2) is 10.3. The molecular formula is C18H21Cl2N5O3. The molecule has 3 rings (SSSR count). The van der Waals surface area contributed by atoms with Gasteiger partial charge in [0.2, 0.25) is 0 Å². The largest absolute Gasteiger partial charge is 0.482 e. The van der Waals surface area contributed by atoms with Crippen LogP contribution in [-0.2, 0) is 9.53 Å². The topological polar surface area (TPSA) is 88.6 Å². The van der Waals surface area contributed by atoms with E-state index >= 15 is 0 Å². The molecule has 2 aromatic rings. The summed E-state index contributed by atoms with van der Waals surface area (Å²) in [7, 11) is 0. The van der Waals surface area contributed by atoms with Crippen LogP contribution in [0.25, 0.3) is 0 Å². The van der Waals surface area contributed by atoms with Crippen molar-refractivity contribution in [3.63, 3.8) is 0 Å². The minimum Gasteiger partial charge on any atom is -0.482 e. The fourth-order valence-electron chi connectivity index (χ4n) is 2.59. The van der Waals surface area contributed by atoms with Crippen molar-refractivity contribution in [3.8, 4) is 5.75 Å². The lowest BCUT2D eigenvalue weighted by atomic mass is 10.3. The Bertz CT molecular complexity index is 803. The lowest BCUT2D eigenvalue weighted by Gasteiger charge is -2.27. The van der Waals surface area contributed by atoms with Crippen LogP contribution in [0.1, 0.15) is 0 Å². The van der Waals surface area contributed by atoms with Gasteiger partial charge >= 0.3 is 0 Å². The first kappa shape index (κ1) is 20.4. The van der Waals surface area contributed by atoms with Gasteiger partial charge in [-0.25, -0.2) is 9.97 Å². The van der Waals surface area contributed by atoms with Crippen molar-refractivity contribution >= 4 is 40.7 Å². The summed E-state index contributed by atoms with van der Waals surface area (Å²) in [5, 5.41) is 6.81. The van der Waals surface area contributed by atoms with Crippen molar-refractivity contribution in [2.75, 3.05) is 56.2 Å². The number of anilines is 2. The van der Waals surface area contributed by atoms with Gasteiger partial charge in [0.15, 0.2) is 6.61 Å². The maximum absolute atomic E-state index is 11.9. The van der Waals surface area contributed by atoms with Crippen molar-refractivity contribution in [1.29, 1.82) is 0 Å². The quantitative estimate of drug-likeness (QED) is 0.626. The summed E-state index contributed by atoms with van der Waals surface area (Å²) in [6, 6.07) is 6.73. The third-order valence-electron chi connectivity index (χ3n) is 3.99. The van der Waals surface area contributed by atoms with Crippen LogP contribution in [0.15, 0.2) is 30.6 Å². The van der Waals surface area contributed by atoms with Gasteiger partial charge in [-0.15, -0.1) is 0 Å². The number of halogens is 2. The molecule has 0 aliphatic carbocycles. The summed E-state index contributed by atoms with van der Waals surface area (Å²) < 4.78 is 10.7. The normalized spacial score (nSPS) is 13.9. The zero-order valence-electron chi connectivity index (χ0n) is 15.2. The standard InChI is InChI=1S/C18H21Cl2N5O3/c19-13-1-2-15(14(20)9-13)28-11-18(26)22-4-3-21-16-10-17(24-12-23-16)25-5-7-27-8-6-25/h1-2,9-10,12H,3-8,11H2,(H,22,26)(H,21,23,24). The van der Waals surface area contributed by atoms with Gasteiger partial charge in [0.05, 0.1) is 18.2 Å². The highest BCUT2D eigenvalue weighted by Crippen LogP contribution is 2.27. The number of benzene rings is 1. The molecule has 2 heterocycles. The molecule has 0 bridgehead atoms. The van der Waals surface area contributed by atoms with Gasteiger partial charge in [0.25, 0.3) is 5.91 Å². The van der Waals surface area contributed by atoms with Crippen LogP contribution in [0.2, 0.25) is 10.0 Å². The van der Waals surface area contributed by atoms with Crippen LogP contribution in [-0.4, -0.2) is 61.9 Å². The molecule has 8 nitrogen and oxygen atoms in total. The smallest absolute Gasteiger partial charge is 0.258 e. The van der Waals surface area contributed by atoms with Crippen molar-refractivity contribution in [1.82, 2.24) is 15.3 Å². The fraction of sp³-hybridized carbons (Fsp3) is 0.389. The van der Waals surface area contributed by atoms with E-state index in [1.54, 1.807) is 18.2 Å². The average Bonchev–Trinajstić information content (AvgIpc) is 2.71. The lowest BCUT2D eigenvalue weighted by molar-refractivity contribution is -0.123. The molecule has 0 unspecified atom stereocenters. The van der Waals surface area contributed by atoms with Gasteiger partial charge in [-0.2, -0.15) is 0 Å². The number of rotatable bonds is 8. The Balaban J connectivity index is 1.37. The van der Waals surface area contributed by atoms with Crippen molar-refractivity contribution in [2.24, 2.45) is 0 Å². The molecule has 1 saturated heterocycles. The molecule has 1 aromatic carbocycles. The molecule has 10 heteroatoms. The van der Waals surface area contributed by atoms with Gasteiger partial charge < -0.3 is 25.0 Å². The van der Waals surface area contributed by atoms with E-state index in [-0.39, 0.29) is 12.5 Å². The van der Waals surface area contributed by atoms with Crippen molar-refractivity contribution in [2.45, 2.75) is 0 Å². The van der Waals surface area contributed by atoms with Gasteiger partial charge in [-0.1, -0.05) is 23.2 Å². The molecule has 0 atom stereocenters. The monoisotopic (exact) mass is 425 g/mol. The first-order valence-electron chi connectivity index (χ1n) is 8.85. The summed E-state index contributed by atoms with van der Waals surface area (Å²) in [5.41, 5.74) is 0. The molecule has 0 spiro atoms. The van der Waals surface area contributed by atoms with Crippen LogP contribution in [0.5, 0.6) is 5.75 Å². The Morgan fingerprint density at radius 3 is 2.79 bits per heavy atom. The first-order valence-corrected chi connectivity index (χ1v) is 9.60. The predicted molar refractivity (Wildman–Crippen MR) is 109 cm³/mol. The Labute approximate surface area is 173 Å². The van der Waals surface area contributed by atoms with E-state index in [0.717, 1.165) is 18.9 Å². The van der Waals surface area contributed by atoms with Gasteiger partial charge in [0, 0.05) is 37.3 Å². The maximum Gasteiger partial charge on any atom is 0.258 e. The van der Waals surface area contributed by atoms with E-state index in [1.165, 1.54) is 6.33 Å². The van der Waals surface area contributed by atoms with Crippen LogP contribution >= 0.6 is 23.2 Å². The summed E-state index contributed by atoms with van der Waals surface area (Å²) in [4.78, 5) is 22.5. The summed E-state index contributed by atoms with van der Waals surface area (Å²) in [5.74, 6) is 1.73. The summed E-state index contributed by atoms with van der Waals surface area (Å²) >= 11 is 11.8. The van der Waals surface area contributed by atoms with Crippen LogP contribution in [0.3, 0.4) is 0 Å². The number of hydrogen-bond acceptors (Lipinski definition) is 7. The predicted octanol–water partition coefficient (Wildman–Crippen LogP) is 2.23. The molecular weight excluding hydrogens is 405 g/mol. The van der Waals surface area contributed by atoms with Crippen molar-refractivity contribution < 1.29 is 14.3 Å². The molecule has 150 valence electrons. The third kappa shape index (κ3) is 6.12. The van der Waals surface area contributed by atoms with Crippen LogP contribution < -0.4 is 20.3 Å². The fourth-order valence-corrected chi connectivity index (χ4v) is 3.05. The van der Waals surface area contributed by atoms with Gasteiger partial charge in [0.1, 0.15) is 23.7 Å². The number of carbonyl (C=O) groups is 1. The molecule has 0 radical (unpaired) electrons. The number of aromatic nitrogens is 2. The number of morpholine rings is 1. The van der Waals surface area contributed by atoms with E-state index in [4.69, 9.17) is 32.7 Å². The van der Waals surface area contributed by atoms with Crippen molar-refractivity contribution in [3.05, 3.63) is 40.6 Å². The maximum atomic E-state index is 11.9. The van der Waals surface area contributed by atoms with Gasteiger partial charge in [-0.05, 0) is 18.2 Å². The Morgan fingerprint density at radius 1 is 1.18 bits per heavy atom. The van der Waals surface area contributed by atoms with E-state index in [2.05, 4.69) is 25.5 Å². The number of carbonyl (C=O) groups excluding carboxylic acids is 1. The average molecular weight is 426 g/mol. The highest BCUT2D eigenvalue weighted by Gasteiger charge is 2.13. The SMILES string of the molecule is O=C(COc1ccc(Cl)cc1Cl)NCCNc1cc(N2CCOCC2)ncn1. The zero-order chi connectivity index (χ0) is 19.8. The summed E-state index contributed by atoms with van der Waals surface area (Å²) in [6.07, 6.45) is 1.52. The molecule has 1 aliphatic rings. The minimum atomic E-state index is -0.246. The Kier molecular flexibility index (Phi) is 7.53. The molecule has 1 amide bonds. The molecule has 1 aromatic heterocycles. The lowest BCUT2D eigenvalue weighted by Crippen LogP contribution is -2.36. The van der Waals surface area contributed by atoms with Gasteiger partial charge in [-0.3, -0.25) is 4.79 Å². The van der Waals surface area contributed by atoms with Crippen LogP contribution in [0, 0.1) is 0 Å². The molecule has 1 fully saturated rings. The van der Waals surface area contributed by atoms with E-state index in [1.807, 2.05) is 6.07 Å². The van der Waals surface area contributed by atoms with Crippen LogP contribution in [0.4, 0.5) is 11.6 Å². The van der Waals surface area contributed by atoms with E-state index < -0.39 is 0 Å². The third-order valence-corrected chi connectivity index (χ3v) is 4.52. The highest BCUT2D eigenvalue weighted by molar-refractivity contribution is 6.35. The zero-order valence-corrected chi connectivity index (χ0v) is 16.7. The number of nitrogens with one attached hydrogen (secondary N) is 2. The van der Waals surface area contributed by atoms with E-state index in [9.17, 15) is 4.79 Å². The second-order valence-electron chi connectivity index (χ2n) is 6.00. The second-order valence-corrected chi connectivity index (χ2v) is 6.84. The molecule has 0 saturated carbocycles. The Hall–Kier alpha value is -2.29. The number of amides is 1. The number of ether oxygens (including phenoxy) is 2.